The lowest BCUT2D eigenvalue weighted by molar-refractivity contribution is -0.154. The van der Waals surface area contributed by atoms with Gasteiger partial charge in [-0.1, -0.05) is 39.5 Å². The summed E-state index contributed by atoms with van der Waals surface area (Å²) in [5.41, 5.74) is 0. The lowest BCUT2D eigenvalue weighted by Gasteiger charge is -2.25. The van der Waals surface area contributed by atoms with E-state index in [1.54, 1.807) is 13.8 Å². The number of rotatable bonds is 8. The Bertz CT molecular complexity index is 206. The summed E-state index contributed by atoms with van der Waals surface area (Å²) in [5.74, 6) is -1.38. The van der Waals surface area contributed by atoms with Crippen LogP contribution in [0.15, 0.2) is 0 Å². The van der Waals surface area contributed by atoms with Crippen LogP contribution in [0.3, 0.4) is 0 Å². The lowest BCUT2D eigenvalue weighted by Crippen LogP contribution is -2.21. The van der Waals surface area contributed by atoms with E-state index in [9.17, 15) is 26.3 Å². The second-order valence-corrected chi connectivity index (χ2v) is 5.18. The third-order valence-corrected chi connectivity index (χ3v) is 3.10. The van der Waals surface area contributed by atoms with Crippen molar-refractivity contribution in [3.8, 4) is 0 Å². The Labute approximate surface area is 110 Å². The zero-order valence-corrected chi connectivity index (χ0v) is 11.4. The highest BCUT2D eigenvalue weighted by atomic mass is 19.4. The molecule has 6 heteroatoms. The van der Waals surface area contributed by atoms with Crippen LogP contribution >= 0.6 is 0 Å². The van der Waals surface area contributed by atoms with Crippen LogP contribution in [0.1, 0.15) is 58.8 Å². The number of hydrogen-bond acceptors (Lipinski definition) is 0. The summed E-state index contributed by atoms with van der Waals surface area (Å²) in [5, 5.41) is 0. The number of hydrogen-bond donors (Lipinski definition) is 0. The monoisotopic (exact) mass is 292 g/mol. The molecule has 0 rings (SSSR count). The average molecular weight is 292 g/mol. The van der Waals surface area contributed by atoms with Crippen molar-refractivity contribution >= 4 is 0 Å². The predicted molar refractivity (Wildman–Crippen MR) is 62.8 cm³/mol. The zero-order chi connectivity index (χ0) is 15.1. The maximum absolute atomic E-state index is 12.4. The predicted octanol–water partition coefficient (Wildman–Crippen LogP) is 6.11. The molecule has 0 aromatic heterocycles. The molecule has 0 amide bonds. The van der Waals surface area contributed by atoms with Gasteiger partial charge in [-0.3, -0.25) is 0 Å². The number of halogens is 6. The first kappa shape index (κ1) is 18.6. The van der Waals surface area contributed by atoms with E-state index in [0.717, 1.165) is 0 Å². The summed E-state index contributed by atoms with van der Waals surface area (Å²) in [6, 6.07) is 0. The summed E-state index contributed by atoms with van der Waals surface area (Å²) in [6.45, 7) is 3.50. The molecule has 0 aromatic carbocycles. The molecule has 0 spiro atoms. The van der Waals surface area contributed by atoms with Gasteiger partial charge in [0.2, 0.25) is 0 Å². The van der Waals surface area contributed by atoms with Crippen LogP contribution in [-0.2, 0) is 0 Å². The van der Waals surface area contributed by atoms with Crippen LogP contribution in [0.2, 0.25) is 0 Å². The minimum atomic E-state index is -4.30. The third kappa shape index (κ3) is 11.1. The van der Waals surface area contributed by atoms with Gasteiger partial charge in [0.1, 0.15) is 0 Å². The standard InChI is InChI=1S/C13H22F6/c1-3-5-10(8-12(14,15)16)7-11(6-4-2)9-13(17,18)19/h10-11H,3-9H2,1-2H3. The summed E-state index contributed by atoms with van der Waals surface area (Å²) in [6.07, 6.45) is -8.74. The van der Waals surface area contributed by atoms with Gasteiger partial charge in [-0.2, -0.15) is 26.3 Å². The first-order valence-corrected chi connectivity index (χ1v) is 6.70. The topological polar surface area (TPSA) is 0 Å². The molecule has 0 radical (unpaired) electrons. The molecule has 0 nitrogen and oxygen atoms in total. The van der Waals surface area contributed by atoms with Gasteiger partial charge < -0.3 is 0 Å². The zero-order valence-electron chi connectivity index (χ0n) is 11.4. The van der Waals surface area contributed by atoms with E-state index in [1.165, 1.54) is 0 Å². The normalized spacial score (nSPS) is 16.4. The third-order valence-electron chi connectivity index (χ3n) is 3.10. The molecule has 2 unspecified atom stereocenters. The van der Waals surface area contributed by atoms with Crippen molar-refractivity contribution in [3.05, 3.63) is 0 Å². The van der Waals surface area contributed by atoms with E-state index in [1.807, 2.05) is 0 Å². The number of alkyl halides is 6. The smallest absolute Gasteiger partial charge is 0.171 e. The quantitative estimate of drug-likeness (QED) is 0.473. The molecule has 0 bridgehead atoms. The minimum absolute atomic E-state index is 0.0146. The molecule has 0 N–H and O–H groups in total. The lowest BCUT2D eigenvalue weighted by atomic mass is 9.84. The summed E-state index contributed by atoms with van der Waals surface area (Å²) >= 11 is 0. The molecule has 0 aromatic rings. The van der Waals surface area contributed by atoms with Gasteiger partial charge in [-0.05, 0) is 18.3 Å². The molecule has 0 fully saturated rings. The molecular weight excluding hydrogens is 270 g/mol. The maximum Gasteiger partial charge on any atom is 0.389 e. The highest BCUT2D eigenvalue weighted by Gasteiger charge is 2.36. The summed E-state index contributed by atoms with van der Waals surface area (Å²) in [7, 11) is 0. The molecule has 0 saturated carbocycles. The van der Waals surface area contributed by atoms with Crippen LogP contribution in [0.25, 0.3) is 0 Å². The van der Waals surface area contributed by atoms with Crippen LogP contribution < -0.4 is 0 Å². The Morgan fingerprint density at radius 2 is 1.00 bits per heavy atom. The van der Waals surface area contributed by atoms with Crippen molar-refractivity contribution in [2.24, 2.45) is 11.8 Å². The summed E-state index contributed by atoms with van der Waals surface area (Å²) in [4.78, 5) is 0. The van der Waals surface area contributed by atoms with Gasteiger partial charge >= 0.3 is 12.4 Å². The van der Waals surface area contributed by atoms with Crippen molar-refractivity contribution < 1.29 is 26.3 Å². The minimum Gasteiger partial charge on any atom is -0.171 e. The van der Waals surface area contributed by atoms with Crippen molar-refractivity contribution in [1.29, 1.82) is 0 Å². The van der Waals surface area contributed by atoms with E-state index < -0.39 is 37.0 Å². The fourth-order valence-corrected chi connectivity index (χ4v) is 2.55. The van der Waals surface area contributed by atoms with E-state index in [0.29, 0.717) is 25.7 Å². The van der Waals surface area contributed by atoms with Gasteiger partial charge in [0.25, 0.3) is 0 Å². The van der Waals surface area contributed by atoms with Crippen molar-refractivity contribution in [2.45, 2.75) is 71.1 Å². The largest absolute Gasteiger partial charge is 0.389 e. The van der Waals surface area contributed by atoms with E-state index in [2.05, 4.69) is 0 Å². The Morgan fingerprint density at radius 3 is 1.21 bits per heavy atom. The second kappa shape index (κ2) is 8.00. The Kier molecular flexibility index (Phi) is 7.82. The Morgan fingerprint density at radius 1 is 0.684 bits per heavy atom. The van der Waals surface area contributed by atoms with Crippen LogP contribution in [0.5, 0.6) is 0 Å². The molecule has 0 aliphatic rings. The van der Waals surface area contributed by atoms with E-state index in [4.69, 9.17) is 0 Å². The molecule has 0 heterocycles. The maximum atomic E-state index is 12.4. The van der Waals surface area contributed by atoms with Crippen LogP contribution in [0, 0.1) is 11.8 Å². The van der Waals surface area contributed by atoms with Crippen molar-refractivity contribution in [1.82, 2.24) is 0 Å². The molecule has 19 heavy (non-hydrogen) atoms. The average Bonchev–Trinajstić information content (AvgIpc) is 2.12. The van der Waals surface area contributed by atoms with Crippen LogP contribution in [-0.4, -0.2) is 12.4 Å². The first-order chi connectivity index (χ1) is 8.57. The first-order valence-electron chi connectivity index (χ1n) is 6.70. The van der Waals surface area contributed by atoms with Crippen LogP contribution in [0.4, 0.5) is 26.3 Å². The fourth-order valence-electron chi connectivity index (χ4n) is 2.55. The molecule has 2 atom stereocenters. The van der Waals surface area contributed by atoms with Gasteiger partial charge in [0, 0.05) is 12.8 Å². The fraction of sp³-hybridized carbons (Fsp3) is 1.00. The Hall–Kier alpha value is -0.420. The highest BCUT2D eigenvalue weighted by molar-refractivity contribution is 4.72. The SMILES string of the molecule is CCCC(CC(CCC)CC(F)(F)F)CC(F)(F)F. The Balaban J connectivity index is 4.55. The van der Waals surface area contributed by atoms with Gasteiger partial charge in [0.05, 0.1) is 0 Å². The van der Waals surface area contributed by atoms with E-state index in [-0.39, 0.29) is 6.42 Å². The molecule has 0 aliphatic heterocycles. The molecular formula is C13H22F6. The van der Waals surface area contributed by atoms with Gasteiger partial charge in [-0.15, -0.1) is 0 Å². The molecule has 116 valence electrons. The van der Waals surface area contributed by atoms with Crippen molar-refractivity contribution in [3.63, 3.8) is 0 Å². The highest BCUT2D eigenvalue weighted by Crippen LogP contribution is 2.36. The van der Waals surface area contributed by atoms with Gasteiger partial charge in [0.15, 0.2) is 0 Å². The molecule has 0 aliphatic carbocycles. The summed E-state index contributed by atoms with van der Waals surface area (Å²) < 4.78 is 74.3. The van der Waals surface area contributed by atoms with E-state index >= 15 is 0 Å². The van der Waals surface area contributed by atoms with Gasteiger partial charge in [-0.25, -0.2) is 0 Å². The molecule has 0 saturated heterocycles. The second-order valence-electron chi connectivity index (χ2n) is 5.18. The van der Waals surface area contributed by atoms with Crippen molar-refractivity contribution in [2.75, 3.05) is 0 Å².